The second-order valence-electron chi connectivity index (χ2n) is 7.57. The molecule has 9 nitrogen and oxygen atoms in total. The second-order valence-corrected chi connectivity index (χ2v) is 8.01. The van der Waals surface area contributed by atoms with Gasteiger partial charge in [-0.05, 0) is 56.6 Å². The van der Waals surface area contributed by atoms with Crippen LogP contribution in [0.2, 0.25) is 5.02 Å². The molecule has 1 N–H and O–H groups in total. The van der Waals surface area contributed by atoms with Gasteiger partial charge in [0.15, 0.2) is 5.58 Å². The van der Waals surface area contributed by atoms with Crippen LogP contribution in [0, 0.1) is 0 Å². The lowest BCUT2D eigenvalue weighted by molar-refractivity contribution is -0.116. The SMILES string of the molecule is CN(C)CCn1c(=O)oc2ccc(NC(=O)CCc3nc(-c4ccc(Cl)cc4)no3)cc21. The van der Waals surface area contributed by atoms with Gasteiger partial charge in [0, 0.05) is 42.2 Å². The lowest BCUT2D eigenvalue weighted by Crippen LogP contribution is -2.23. The van der Waals surface area contributed by atoms with E-state index in [-0.39, 0.29) is 12.3 Å². The van der Waals surface area contributed by atoms with Gasteiger partial charge < -0.3 is 19.2 Å². The van der Waals surface area contributed by atoms with Crippen LogP contribution in [-0.2, 0) is 17.8 Å². The molecule has 0 aliphatic rings. The highest BCUT2D eigenvalue weighted by atomic mass is 35.5. The van der Waals surface area contributed by atoms with Crippen molar-refractivity contribution in [2.45, 2.75) is 19.4 Å². The van der Waals surface area contributed by atoms with Crippen molar-refractivity contribution in [3.05, 3.63) is 63.9 Å². The number of amides is 1. The molecule has 0 saturated heterocycles. The summed E-state index contributed by atoms with van der Waals surface area (Å²) in [5.74, 6) is 0.186. The van der Waals surface area contributed by atoms with Crippen LogP contribution in [0.25, 0.3) is 22.5 Å². The molecular formula is C22H22ClN5O4. The summed E-state index contributed by atoms with van der Waals surface area (Å²) in [6.07, 6.45) is 0.465. The zero-order valence-corrected chi connectivity index (χ0v) is 18.4. The van der Waals surface area contributed by atoms with E-state index in [4.69, 9.17) is 20.5 Å². The normalized spacial score (nSPS) is 11.4. The average molecular weight is 456 g/mol. The van der Waals surface area contributed by atoms with E-state index in [1.54, 1.807) is 47.0 Å². The molecule has 0 saturated carbocycles. The van der Waals surface area contributed by atoms with Crippen molar-refractivity contribution >= 4 is 34.3 Å². The van der Waals surface area contributed by atoms with E-state index in [1.165, 1.54) is 0 Å². The molecule has 0 aliphatic heterocycles. The molecule has 0 spiro atoms. The van der Waals surface area contributed by atoms with Crippen molar-refractivity contribution in [2.24, 2.45) is 0 Å². The van der Waals surface area contributed by atoms with Crippen molar-refractivity contribution in [3.63, 3.8) is 0 Å². The smallest absolute Gasteiger partial charge is 0.408 e. The minimum absolute atomic E-state index is 0.166. The van der Waals surface area contributed by atoms with Gasteiger partial charge in [0.25, 0.3) is 0 Å². The minimum atomic E-state index is -0.418. The molecule has 0 aliphatic carbocycles. The minimum Gasteiger partial charge on any atom is -0.408 e. The van der Waals surface area contributed by atoms with Crippen LogP contribution in [-0.4, -0.2) is 46.2 Å². The first-order valence-corrected chi connectivity index (χ1v) is 10.4. The van der Waals surface area contributed by atoms with E-state index in [0.29, 0.717) is 53.0 Å². The van der Waals surface area contributed by atoms with Gasteiger partial charge in [0.05, 0.1) is 5.52 Å². The van der Waals surface area contributed by atoms with Crippen molar-refractivity contribution in [2.75, 3.05) is 26.0 Å². The Morgan fingerprint density at radius 1 is 1.19 bits per heavy atom. The van der Waals surface area contributed by atoms with Crippen LogP contribution in [0.15, 0.2) is 56.2 Å². The number of carbonyl (C=O) groups is 1. The fraction of sp³-hybridized carbons (Fsp3) is 0.273. The van der Waals surface area contributed by atoms with Gasteiger partial charge in [0.1, 0.15) is 0 Å². The van der Waals surface area contributed by atoms with Crippen LogP contribution < -0.4 is 11.1 Å². The van der Waals surface area contributed by atoms with E-state index < -0.39 is 5.76 Å². The average Bonchev–Trinajstić information content (AvgIpc) is 3.35. The zero-order valence-electron chi connectivity index (χ0n) is 17.7. The Balaban J connectivity index is 1.39. The Labute approximate surface area is 188 Å². The molecule has 10 heteroatoms. The van der Waals surface area contributed by atoms with Gasteiger partial charge in [-0.2, -0.15) is 4.98 Å². The maximum atomic E-state index is 12.4. The first kappa shape index (κ1) is 21.8. The second kappa shape index (κ2) is 9.37. The molecule has 0 bridgehead atoms. The fourth-order valence-corrected chi connectivity index (χ4v) is 3.29. The number of carbonyl (C=O) groups excluding carboxylic acids is 1. The summed E-state index contributed by atoms with van der Waals surface area (Å²) in [4.78, 5) is 30.9. The topological polar surface area (TPSA) is 106 Å². The van der Waals surface area contributed by atoms with Crippen molar-refractivity contribution in [1.29, 1.82) is 0 Å². The molecule has 32 heavy (non-hydrogen) atoms. The largest absolute Gasteiger partial charge is 0.419 e. The van der Waals surface area contributed by atoms with E-state index in [2.05, 4.69) is 15.5 Å². The highest BCUT2D eigenvalue weighted by Gasteiger charge is 2.13. The molecule has 0 atom stereocenters. The summed E-state index contributed by atoms with van der Waals surface area (Å²) in [5, 5.41) is 7.41. The molecule has 4 aromatic rings. The number of nitrogens with zero attached hydrogens (tertiary/aromatic N) is 4. The number of hydrogen-bond donors (Lipinski definition) is 1. The van der Waals surface area contributed by atoms with E-state index in [9.17, 15) is 9.59 Å². The molecule has 0 fully saturated rings. The highest BCUT2D eigenvalue weighted by Crippen LogP contribution is 2.20. The predicted molar refractivity (Wildman–Crippen MR) is 121 cm³/mol. The monoisotopic (exact) mass is 455 g/mol. The Morgan fingerprint density at radius 3 is 2.72 bits per heavy atom. The lowest BCUT2D eigenvalue weighted by atomic mass is 10.2. The number of likely N-dealkylation sites (N-methyl/N-ethyl adjacent to an activating group) is 1. The van der Waals surface area contributed by atoms with Crippen molar-refractivity contribution in [3.8, 4) is 11.4 Å². The molecule has 1 amide bonds. The first-order valence-electron chi connectivity index (χ1n) is 10.1. The Morgan fingerprint density at radius 2 is 1.97 bits per heavy atom. The molecular weight excluding hydrogens is 434 g/mol. The van der Waals surface area contributed by atoms with E-state index in [1.807, 2.05) is 19.0 Å². The summed E-state index contributed by atoms with van der Waals surface area (Å²) >= 11 is 5.89. The molecule has 2 heterocycles. The van der Waals surface area contributed by atoms with Gasteiger partial charge in [0.2, 0.25) is 17.6 Å². The summed E-state index contributed by atoms with van der Waals surface area (Å²) in [7, 11) is 3.86. The summed E-state index contributed by atoms with van der Waals surface area (Å²) in [6.45, 7) is 1.18. The molecule has 2 aromatic carbocycles. The fourth-order valence-electron chi connectivity index (χ4n) is 3.17. The quantitative estimate of drug-likeness (QED) is 0.433. The number of rotatable bonds is 8. The van der Waals surface area contributed by atoms with E-state index >= 15 is 0 Å². The third-order valence-corrected chi connectivity index (χ3v) is 5.11. The number of oxazole rings is 1. The van der Waals surface area contributed by atoms with Gasteiger partial charge in [-0.3, -0.25) is 9.36 Å². The van der Waals surface area contributed by atoms with Crippen molar-refractivity contribution < 1.29 is 13.7 Å². The molecule has 0 unspecified atom stereocenters. The lowest BCUT2D eigenvalue weighted by Gasteiger charge is -2.10. The van der Waals surface area contributed by atoms with Crippen LogP contribution in [0.3, 0.4) is 0 Å². The van der Waals surface area contributed by atoms with Crippen molar-refractivity contribution in [1.82, 2.24) is 19.6 Å². The number of aryl methyl sites for hydroxylation is 1. The van der Waals surface area contributed by atoms with Crippen LogP contribution >= 0.6 is 11.6 Å². The van der Waals surface area contributed by atoms with Crippen LogP contribution in [0.5, 0.6) is 0 Å². The zero-order chi connectivity index (χ0) is 22.7. The van der Waals surface area contributed by atoms with Gasteiger partial charge in [-0.1, -0.05) is 16.8 Å². The number of fused-ring (bicyclic) bond motifs is 1. The Hall–Kier alpha value is -3.43. The predicted octanol–water partition coefficient (Wildman–Crippen LogP) is 3.43. The summed E-state index contributed by atoms with van der Waals surface area (Å²) < 4.78 is 12.1. The number of anilines is 1. The third kappa shape index (κ3) is 5.06. The molecule has 0 radical (unpaired) electrons. The molecule has 2 aromatic heterocycles. The first-order chi connectivity index (χ1) is 15.4. The molecule has 166 valence electrons. The van der Waals surface area contributed by atoms with Gasteiger partial charge in [-0.15, -0.1) is 0 Å². The number of hydrogen-bond acceptors (Lipinski definition) is 7. The number of nitrogens with one attached hydrogen (secondary N) is 1. The van der Waals surface area contributed by atoms with Crippen LogP contribution in [0.1, 0.15) is 12.3 Å². The third-order valence-electron chi connectivity index (χ3n) is 4.86. The molecule has 4 rings (SSSR count). The number of benzene rings is 2. The van der Waals surface area contributed by atoms with Gasteiger partial charge >= 0.3 is 5.76 Å². The summed E-state index contributed by atoms with van der Waals surface area (Å²) in [5.41, 5.74) is 2.48. The number of aromatic nitrogens is 3. The Bertz CT molecular complexity index is 1290. The maximum absolute atomic E-state index is 12.4. The standard InChI is InChI=1S/C22H22ClN5O4/c1-27(2)11-12-28-17-13-16(7-8-18(17)31-22(28)30)24-19(29)9-10-20-25-21(26-32-20)14-3-5-15(23)6-4-14/h3-8,13H,9-12H2,1-2H3,(H,24,29). The Kier molecular flexibility index (Phi) is 6.38. The maximum Gasteiger partial charge on any atom is 0.419 e. The summed E-state index contributed by atoms with van der Waals surface area (Å²) in [6, 6.07) is 12.2. The van der Waals surface area contributed by atoms with E-state index in [0.717, 1.165) is 5.56 Å². The van der Waals surface area contributed by atoms with Gasteiger partial charge in [-0.25, -0.2) is 4.79 Å². The highest BCUT2D eigenvalue weighted by molar-refractivity contribution is 6.30. The number of halogens is 1. The van der Waals surface area contributed by atoms with Crippen LogP contribution in [0.4, 0.5) is 5.69 Å².